The van der Waals surface area contributed by atoms with Crippen LogP contribution < -0.4 is 10.1 Å². The van der Waals surface area contributed by atoms with Crippen molar-refractivity contribution in [3.05, 3.63) is 60.3 Å². The monoisotopic (exact) mass is 481 g/mol. The second kappa shape index (κ2) is 12.1. The van der Waals surface area contributed by atoms with Gasteiger partial charge in [-0.05, 0) is 37.4 Å². The summed E-state index contributed by atoms with van der Waals surface area (Å²) in [4.78, 5) is 39.6. The molecule has 35 heavy (non-hydrogen) atoms. The summed E-state index contributed by atoms with van der Waals surface area (Å²) in [7, 11) is 1.18. The molecule has 3 aromatic rings. The minimum atomic E-state index is -0.844. The van der Waals surface area contributed by atoms with Gasteiger partial charge < -0.3 is 29.4 Å². The van der Waals surface area contributed by atoms with E-state index in [4.69, 9.17) is 4.74 Å². The van der Waals surface area contributed by atoms with Crippen LogP contribution in [-0.2, 0) is 14.3 Å². The molecule has 0 aliphatic heterocycles. The molecule has 0 spiro atoms. The summed E-state index contributed by atoms with van der Waals surface area (Å²) in [5.74, 6) is -2.07. The van der Waals surface area contributed by atoms with Gasteiger partial charge in [-0.15, -0.1) is 0 Å². The smallest absolute Gasteiger partial charge is 0.322 e. The van der Waals surface area contributed by atoms with Gasteiger partial charge in [0.25, 0.3) is 5.91 Å². The number of fused-ring (bicyclic) bond motifs is 1. The number of hydrogen-bond acceptors (Lipinski definition) is 7. The molecule has 0 bridgehead atoms. The topological polar surface area (TPSA) is 110 Å². The maximum absolute atomic E-state index is 13.5. The van der Waals surface area contributed by atoms with Gasteiger partial charge in [0.15, 0.2) is 11.4 Å². The fraction of sp³-hybridized carbons (Fsp3) is 0.346. The van der Waals surface area contributed by atoms with Crippen molar-refractivity contribution >= 4 is 28.7 Å². The summed E-state index contributed by atoms with van der Waals surface area (Å²) in [6.45, 7) is 6.00. The summed E-state index contributed by atoms with van der Waals surface area (Å²) >= 11 is 0. The molecule has 1 unspecified atom stereocenters. The molecule has 1 amide bonds. The number of carbonyl (C=O) groups excluding carboxylic acids is 3. The first-order chi connectivity index (χ1) is 16.9. The van der Waals surface area contributed by atoms with E-state index in [1.165, 1.54) is 7.11 Å². The highest BCUT2D eigenvalue weighted by Gasteiger charge is 2.28. The number of likely N-dealkylation sites (N-methyl/N-ethyl adjacent to an activating group) is 1. The summed E-state index contributed by atoms with van der Waals surface area (Å²) in [5, 5.41) is 13.7. The second-order valence-corrected chi connectivity index (χ2v) is 7.94. The number of hydrogen-bond donors (Lipinski definition) is 2. The first kappa shape index (κ1) is 25.9. The molecule has 186 valence electrons. The maximum Gasteiger partial charge on any atom is 0.322 e. The average molecular weight is 482 g/mol. The number of amides is 1. The minimum Gasteiger partial charge on any atom is -0.469 e. The van der Waals surface area contributed by atoms with Crippen molar-refractivity contribution < 1.29 is 29.0 Å². The zero-order valence-corrected chi connectivity index (χ0v) is 20.2. The quantitative estimate of drug-likeness (QED) is 0.320. The Balaban J connectivity index is 2.02. The predicted molar refractivity (Wildman–Crippen MR) is 132 cm³/mol. The normalized spacial score (nSPS) is 11.9. The Morgan fingerprint density at radius 3 is 2.31 bits per heavy atom. The zero-order chi connectivity index (χ0) is 25.4. The van der Waals surface area contributed by atoms with Crippen molar-refractivity contribution in [3.63, 3.8) is 0 Å². The van der Waals surface area contributed by atoms with E-state index >= 15 is 0 Å². The van der Waals surface area contributed by atoms with Gasteiger partial charge >= 0.3 is 11.9 Å². The number of nitrogens with one attached hydrogen (secondary N) is 1. The maximum atomic E-state index is 13.5. The van der Waals surface area contributed by atoms with E-state index < -0.39 is 30.4 Å². The van der Waals surface area contributed by atoms with Gasteiger partial charge in [0.2, 0.25) is 0 Å². The molecule has 1 heterocycles. The number of carbonyl (C=O) groups is 3. The van der Waals surface area contributed by atoms with Gasteiger partial charge in [0.05, 0.1) is 18.7 Å². The van der Waals surface area contributed by atoms with Gasteiger partial charge in [-0.3, -0.25) is 14.4 Å². The highest BCUT2D eigenvalue weighted by Crippen LogP contribution is 2.36. The Hall–Kier alpha value is -3.69. The molecule has 2 aromatic carbocycles. The van der Waals surface area contributed by atoms with Crippen LogP contribution in [0.5, 0.6) is 5.75 Å². The fourth-order valence-corrected chi connectivity index (χ4v) is 3.84. The third-order valence-corrected chi connectivity index (χ3v) is 5.65. The summed E-state index contributed by atoms with van der Waals surface area (Å²) in [6, 6.07) is 16.3. The number of rotatable bonds is 11. The number of para-hydroxylation sites is 2. The number of aliphatic hydroxyl groups excluding tert-OH is 1. The number of methoxy groups -OCH3 is 1. The lowest BCUT2D eigenvalue weighted by Crippen LogP contribution is -2.40. The minimum absolute atomic E-state index is 0.0151. The lowest BCUT2D eigenvalue weighted by Gasteiger charge is -2.22. The number of nitrogens with zero attached hydrogens (tertiary/aromatic N) is 2. The Morgan fingerprint density at radius 1 is 1.00 bits per heavy atom. The molecule has 1 aromatic heterocycles. The Kier molecular flexibility index (Phi) is 8.99. The largest absolute Gasteiger partial charge is 0.469 e. The van der Waals surface area contributed by atoms with Crippen LogP contribution in [0, 0.1) is 0 Å². The van der Waals surface area contributed by atoms with E-state index in [1.807, 2.05) is 56.3 Å². The lowest BCUT2D eigenvalue weighted by atomic mass is 10.2. The van der Waals surface area contributed by atoms with Crippen molar-refractivity contribution in [2.45, 2.75) is 26.4 Å². The Labute approximate surface area is 204 Å². The van der Waals surface area contributed by atoms with Crippen LogP contribution in [-0.4, -0.2) is 71.8 Å². The van der Waals surface area contributed by atoms with Crippen LogP contribution in [0.3, 0.4) is 0 Å². The third kappa shape index (κ3) is 6.26. The van der Waals surface area contributed by atoms with Crippen molar-refractivity contribution in [2.24, 2.45) is 0 Å². The molecular formula is C26H31N3O6. The van der Waals surface area contributed by atoms with Gasteiger partial charge in [-0.1, -0.05) is 44.2 Å². The number of esters is 2. The van der Waals surface area contributed by atoms with E-state index in [-0.39, 0.29) is 18.0 Å². The summed E-state index contributed by atoms with van der Waals surface area (Å²) in [6.07, 6.45) is -1.37. The van der Waals surface area contributed by atoms with Crippen LogP contribution in [0.15, 0.2) is 54.6 Å². The first-order valence-corrected chi connectivity index (χ1v) is 11.5. The number of ether oxygens (including phenoxy) is 2. The second-order valence-electron chi connectivity index (χ2n) is 7.94. The van der Waals surface area contributed by atoms with E-state index in [0.29, 0.717) is 23.1 Å². The highest BCUT2D eigenvalue weighted by atomic mass is 16.5. The molecule has 0 fully saturated rings. The number of aromatic nitrogens is 1. The fourth-order valence-electron chi connectivity index (χ4n) is 3.84. The highest BCUT2D eigenvalue weighted by molar-refractivity contribution is 6.07. The van der Waals surface area contributed by atoms with Crippen LogP contribution >= 0.6 is 0 Å². The van der Waals surface area contributed by atoms with Gasteiger partial charge in [-0.25, -0.2) is 0 Å². The van der Waals surface area contributed by atoms with E-state index in [2.05, 4.69) is 15.0 Å². The molecule has 0 radical (unpaired) electrons. The number of aliphatic hydroxyl groups is 1. The van der Waals surface area contributed by atoms with Crippen LogP contribution in [0.1, 0.15) is 30.8 Å². The molecule has 3 rings (SSSR count). The Bertz CT molecular complexity index is 1170. The van der Waals surface area contributed by atoms with Gasteiger partial charge in [0, 0.05) is 24.2 Å². The molecule has 9 nitrogen and oxygen atoms in total. The van der Waals surface area contributed by atoms with Crippen LogP contribution in [0.2, 0.25) is 0 Å². The van der Waals surface area contributed by atoms with Crippen LogP contribution in [0.25, 0.3) is 16.6 Å². The molecule has 2 N–H and O–H groups in total. The molecule has 0 saturated heterocycles. The first-order valence-electron chi connectivity index (χ1n) is 11.5. The molecule has 0 saturated carbocycles. The predicted octanol–water partition coefficient (Wildman–Crippen LogP) is 2.53. The summed E-state index contributed by atoms with van der Waals surface area (Å²) in [5.41, 5.74) is 1.42. The van der Waals surface area contributed by atoms with Crippen molar-refractivity contribution in [3.8, 4) is 11.4 Å². The van der Waals surface area contributed by atoms with Crippen LogP contribution in [0.4, 0.5) is 0 Å². The number of benzene rings is 2. The molecule has 0 aliphatic carbocycles. The van der Waals surface area contributed by atoms with Crippen molar-refractivity contribution in [1.29, 1.82) is 0 Å². The zero-order valence-electron chi connectivity index (χ0n) is 20.2. The van der Waals surface area contributed by atoms with E-state index in [1.54, 1.807) is 16.7 Å². The van der Waals surface area contributed by atoms with Crippen molar-refractivity contribution in [2.75, 3.05) is 33.3 Å². The van der Waals surface area contributed by atoms with Crippen molar-refractivity contribution in [1.82, 2.24) is 14.8 Å². The molecule has 9 heteroatoms. The van der Waals surface area contributed by atoms with Gasteiger partial charge in [0.1, 0.15) is 6.42 Å². The Morgan fingerprint density at radius 2 is 1.66 bits per heavy atom. The van der Waals surface area contributed by atoms with Gasteiger partial charge in [-0.2, -0.15) is 0 Å². The summed E-state index contributed by atoms with van der Waals surface area (Å²) < 4.78 is 11.8. The molecular weight excluding hydrogens is 450 g/mol. The van der Waals surface area contributed by atoms with E-state index in [9.17, 15) is 19.5 Å². The third-order valence-electron chi connectivity index (χ3n) is 5.65. The standard InChI is InChI=1S/C26H31N3O6/c1-4-28(5-2)17-19(30)16-27-26(33)24-25(35-23(32)15-22(31)34-3)20-13-9-10-14-21(20)29(24)18-11-7-6-8-12-18/h6-14,19,30H,4-5,15-17H2,1-3H3,(H,27,33). The SMILES string of the molecule is CCN(CC)CC(O)CNC(=O)c1c(OC(=O)CC(=O)OC)c2ccccc2n1-c1ccccc1. The van der Waals surface area contributed by atoms with E-state index in [0.717, 1.165) is 13.1 Å². The average Bonchev–Trinajstić information content (AvgIpc) is 3.20. The lowest BCUT2D eigenvalue weighted by molar-refractivity contribution is -0.148. The molecule has 0 aliphatic rings. The molecule has 1 atom stereocenters.